The van der Waals surface area contributed by atoms with E-state index >= 15 is 0 Å². The minimum atomic E-state index is -0.111. The van der Waals surface area contributed by atoms with Crippen LogP contribution in [0.3, 0.4) is 0 Å². The van der Waals surface area contributed by atoms with Gasteiger partial charge in [-0.25, -0.2) is 0 Å². The molecule has 0 aliphatic carbocycles. The molecule has 3 rings (SSSR count). The summed E-state index contributed by atoms with van der Waals surface area (Å²) in [6, 6.07) is 13.5. The first kappa shape index (κ1) is 18.5. The number of aromatic nitrogens is 3. The van der Waals surface area contributed by atoms with Crippen LogP contribution in [0.2, 0.25) is 5.02 Å². The van der Waals surface area contributed by atoms with E-state index in [-0.39, 0.29) is 11.7 Å². The highest BCUT2D eigenvalue weighted by molar-refractivity contribution is 7.99. The van der Waals surface area contributed by atoms with Gasteiger partial charge in [0, 0.05) is 23.3 Å². The van der Waals surface area contributed by atoms with Crippen molar-refractivity contribution in [3.8, 4) is 11.4 Å². The molecule has 3 aromatic rings. The molecule has 134 valence electrons. The van der Waals surface area contributed by atoms with E-state index in [1.54, 1.807) is 6.07 Å². The van der Waals surface area contributed by atoms with Gasteiger partial charge in [-0.2, -0.15) is 0 Å². The van der Waals surface area contributed by atoms with Gasteiger partial charge in [0.2, 0.25) is 5.91 Å². The zero-order chi connectivity index (χ0) is 18.7. The van der Waals surface area contributed by atoms with Crippen molar-refractivity contribution in [2.75, 3.05) is 11.1 Å². The van der Waals surface area contributed by atoms with Crippen molar-refractivity contribution < 1.29 is 4.79 Å². The van der Waals surface area contributed by atoms with Gasteiger partial charge in [0.1, 0.15) is 0 Å². The van der Waals surface area contributed by atoms with Gasteiger partial charge in [-0.3, -0.25) is 4.79 Å². The standard InChI is InChI=1S/C19H19ClN4OS/c1-12-6-4-7-14(10-12)18-22-23-19(24(18)3)26-11-17(25)21-16-9-5-8-15(20)13(16)2/h4-10H,11H2,1-3H3,(H,21,25). The maximum absolute atomic E-state index is 12.2. The van der Waals surface area contributed by atoms with Crippen LogP contribution in [0.25, 0.3) is 11.4 Å². The van der Waals surface area contributed by atoms with Gasteiger partial charge in [-0.1, -0.05) is 53.2 Å². The zero-order valence-corrected chi connectivity index (χ0v) is 16.4. The molecule has 0 atom stereocenters. The number of aryl methyl sites for hydroxylation is 1. The summed E-state index contributed by atoms with van der Waals surface area (Å²) < 4.78 is 1.90. The van der Waals surface area contributed by atoms with Gasteiger partial charge in [-0.05, 0) is 37.6 Å². The first-order chi connectivity index (χ1) is 12.5. The lowest BCUT2D eigenvalue weighted by Crippen LogP contribution is -2.15. The lowest BCUT2D eigenvalue weighted by atomic mass is 10.1. The van der Waals surface area contributed by atoms with E-state index < -0.39 is 0 Å². The molecule has 0 unspecified atom stereocenters. The molecule has 0 radical (unpaired) electrons. The molecule has 0 fully saturated rings. The minimum Gasteiger partial charge on any atom is -0.325 e. The lowest BCUT2D eigenvalue weighted by molar-refractivity contribution is -0.113. The minimum absolute atomic E-state index is 0.111. The summed E-state index contributed by atoms with van der Waals surface area (Å²) in [5.41, 5.74) is 3.75. The number of amides is 1. The number of benzene rings is 2. The summed E-state index contributed by atoms with van der Waals surface area (Å²) in [5.74, 6) is 0.911. The molecule has 1 N–H and O–H groups in total. The first-order valence-corrected chi connectivity index (χ1v) is 9.46. The molecule has 0 saturated heterocycles. The molecule has 0 aliphatic rings. The summed E-state index contributed by atoms with van der Waals surface area (Å²) in [6.07, 6.45) is 0. The third-order valence-electron chi connectivity index (χ3n) is 3.99. The molecular weight excluding hydrogens is 368 g/mol. The molecule has 5 nitrogen and oxygen atoms in total. The van der Waals surface area contributed by atoms with Crippen molar-refractivity contribution in [2.45, 2.75) is 19.0 Å². The van der Waals surface area contributed by atoms with Crippen LogP contribution in [-0.2, 0) is 11.8 Å². The lowest BCUT2D eigenvalue weighted by Gasteiger charge is -2.09. The molecule has 7 heteroatoms. The number of hydrogen-bond donors (Lipinski definition) is 1. The Balaban J connectivity index is 1.67. The molecule has 0 spiro atoms. The maximum atomic E-state index is 12.2. The van der Waals surface area contributed by atoms with Crippen LogP contribution in [0.5, 0.6) is 0 Å². The highest BCUT2D eigenvalue weighted by atomic mass is 35.5. The van der Waals surface area contributed by atoms with Gasteiger partial charge in [-0.15, -0.1) is 10.2 Å². The second kappa shape index (κ2) is 7.93. The van der Waals surface area contributed by atoms with Crippen LogP contribution in [0.15, 0.2) is 47.6 Å². The predicted molar refractivity (Wildman–Crippen MR) is 107 cm³/mol. The second-order valence-corrected chi connectivity index (χ2v) is 7.33. The summed E-state index contributed by atoms with van der Waals surface area (Å²) in [6.45, 7) is 3.92. The molecule has 1 amide bonds. The molecular formula is C19H19ClN4OS. The highest BCUT2D eigenvalue weighted by Crippen LogP contribution is 2.25. The van der Waals surface area contributed by atoms with E-state index in [1.807, 2.05) is 55.8 Å². The normalized spacial score (nSPS) is 10.8. The number of anilines is 1. The van der Waals surface area contributed by atoms with Crippen LogP contribution < -0.4 is 5.32 Å². The third kappa shape index (κ3) is 4.08. The quantitative estimate of drug-likeness (QED) is 0.656. The highest BCUT2D eigenvalue weighted by Gasteiger charge is 2.14. The van der Waals surface area contributed by atoms with Gasteiger partial charge in [0.05, 0.1) is 5.75 Å². The van der Waals surface area contributed by atoms with Crippen LogP contribution in [0.1, 0.15) is 11.1 Å². The van der Waals surface area contributed by atoms with Gasteiger partial charge >= 0.3 is 0 Å². The maximum Gasteiger partial charge on any atom is 0.234 e. The van der Waals surface area contributed by atoms with Crippen LogP contribution in [-0.4, -0.2) is 26.4 Å². The Morgan fingerprint density at radius 1 is 1.19 bits per heavy atom. The molecule has 1 heterocycles. The predicted octanol–water partition coefficient (Wildman–Crippen LogP) is 4.48. The van der Waals surface area contributed by atoms with Gasteiger partial charge < -0.3 is 9.88 Å². The van der Waals surface area contributed by atoms with Crippen molar-refractivity contribution in [3.05, 3.63) is 58.6 Å². The third-order valence-corrected chi connectivity index (χ3v) is 5.42. The van der Waals surface area contributed by atoms with Crippen molar-refractivity contribution in [3.63, 3.8) is 0 Å². The average Bonchev–Trinajstić information content (AvgIpc) is 2.98. The van der Waals surface area contributed by atoms with Crippen molar-refractivity contribution in [1.29, 1.82) is 0 Å². The fourth-order valence-corrected chi connectivity index (χ4v) is 3.42. The van der Waals surface area contributed by atoms with Crippen molar-refractivity contribution in [2.24, 2.45) is 7.05 Å². The number of nitrogens with one attached hydrogen (secondary N) is 1. The molecule has 1 aromatic heterocycles. The summed E-state index contributed by atoms with van der Waals surface area (Å²) in [4.78, 5) is 12.2. The summed E-state index contributed by atoms with van der Waals surface area (Å²) >= 11 is 7.43. The monoisotopic (exact) mass is 386 g/mol. The number of halogens is 1. The van der Waals surface area contributed by atoms with E-state index in [9.17, 15) is 4.79 Å². The number of nitrogens with zero attached hydrogens (tertiary/aromatic N) is 3. The van der Waals surface area contributed by atoms with Crippen molar-refractivity contribution in [1.82, 2.24) is 14.8 Å². The molecule has 26 heavy (non-hydrogen) atoms. The van der Waals surface area contributed by atoms with Gasteiger partial charge in [0.25, 0.3) is 0 Å². The van der Waals surface area contributed by atoms with E-state index in [0.29, 0.717) is 10.2 Å². The molecule has 0 bridgehead atoms. The molecule has 2 aromatic carbocycles. The Morgan fingerprint density at radius 3 is 2.73 bits per heavy atom. The second-order valence-electron chi connectivity index (χ2n) is 5.98. The Labute approximate surface area is 161 Å². The Bertz CT molecular complexity index is 954. The zero-order valence-electron chi connectivity index (χ0n) is 14.8. The van der Waals surface area contributed by atoms with Crippen molar-refractivity contribution >= 4 is 35.0 Å². The van der Waals surface area contributed by atoms with E-state index in [2.05, 4.69) is 21.6 Å². The Hall–Kier alpha value is -2.31. The van der Waals surface area contributed by atoms with Gasteiger partial charge in [0.15, 0.2) is 11.0 Å². The average molecular weight is 387 g/mol. The SMILES string of the molecule is Cc1cccc(-c2nnc(SCC(=O)Nc3cccc(Cl)c3C)n2C)c1. The fourth-order valence-electron chi connectivity index (χ4n) is 2.54. The Kier molecular flexibility index (Phi) is 5.64. The van der Waals surface area contributed by atoms with E-state index in [0.717, 1.165) is 28.2 Å². The largest absolute Gasteiger partial charge is 0.325 e. The first-order valence-electron chi connectivity index (χ1n) is 8.10. The van der Waals surface area contributed by atoms with Crippen LogP contribution >= 0.6 is 23.4 Å². The molecule has 0 aliphatic heterocycles. The fraction of sp³-hybridized carbons (Fsp3) is 0.211. The number of carbonyl (C=O) groups is 1. The smallest absolute Gasteiger partial charge is 0.234 e. The number of thioether (sulfide) groups is 1. The Morgan fingerprint density at radius 2 is 1.96 bits per heavy atom. The van der Waals surface area contributed by atoms with E-state index in [1.165, 1.54) is 11.8 Å². The summed E-state index contributed by atoms with van der Waals surface area (Å²) in [5, 5.41) is 12.7. The van der Waals surface area contributed by atoms with Crippen LogP contribution in [0, 0.1) is 13.8 Å². The topological polar surface area (TPSA) is 59.8 Å². The number of rotatable bonds is 5. The number of carbonyl (C=O) groups excluding carboxylic acids is 1. The number of hydrogen-bond acceptors (Lipinski definition) is 4. The summed E-state index contributed by atoms with van der Waals surface area (Å²) in [7, 11) is 1.90. The van der Waals surface area contributed by atoms with Crippen LogP contribution in [0.4, 0.5) is 5.69 Å². The molecule has 0 saturated carbocycles. The van der Waals surface area contributed by atoms with E-state index in [4.69, 9.17) is 11.6 Å².